The van der Waals surface area contributed by atoms with Gasteiger partial charge in [-0.15, -0.1) is 13.2 Å². The number of hydrogen-bond donors (Lipinski definition) is 0. The van der Waals surface area contributed by atoms with E-state index in [0.29, 0.717) is 17.9 Å². The molecule has 0 aliphatic carbocycles. The lowest BCUT2D eigenvalue weighted by molar-refractivity contribution is 0.241. The topological polar surface area (TPSA) is 37.4 Å². The van der Waals surface area contributed by atoms with Gasteiger partial charge in [-0.3, -0.25) is 0 Å². The Hall–Kier alpha value is -1.39. The molecule has 2 rings (SSSR count). The summed E-state index contributed by atoms with van der Waals surface area (Å²) in [6, 6.07) is 7.16. The van der Waals surface area contributed by atoms with Crippen LogP contribution in [0.3, 0.4) is 0 Å². The average Bonchev–Trinajstić information content (AvgIpc) is 2.50. The van der Waals surface area contributed by atoms with Gasteiger partial charge in [-0.05, 0) is 25.0 Å². The second-order valence-corrected chi connectivity index (χ2v) is 6.42. The van der Waals surface area contributed by atoms with Crippen molar-refractivity contribution in [3.05, 3.63) is 55.1 Å². The molecule has 0 aromatic heterocycles. The van der Waals surface area contributed by atoms with Crippen LogP contribution in [0.15, 0.2) is 54.5 Å². The van der Waals surface area contributed by atoms with Crippen LogP contribution >= 0.6 is 0 Å². The van der Waals surface area contributed by atoms with Gasteiger partial charge in [0.2, 0.25) is 10.0 Å². The fraction of sp³-hybridized carbons (Fsp3) is 0.286. The minimum atomic E-state index is -3.42. The zero-order valence-electron chi connectivity index (χ0n) is 10.5. The Bertz CT molecular complexity index is 592. The SMILES string of the molecule is C=CCN1C(C)(CC=C)c2ccccc2S1(=O)=O. The van der Waals surface area contributed by atoms with Crippen molar-refractivity contribution in [3.63, 3.8) is 0 Å². The van der Waals surface area contributed by atoms with Gasteiger partial charge in [-0.1, -0.05) is 30.4 Å². The van der Waals surface area contributed by atoms with Crippen molar-refractivity contribution in [2.24, 2.45) is 0 Å². The highest BCUT2D eigenvalue weighted by Gasteiger charge is 2.49. The van der Waals surface area contributed by atoms with Crippen LogP contribution in [0.2, 0.25) is 0 Å². The molecule has 0 N–H and O–H groups in total. The summed E-state index contributed by atoms with van der Waals surface area (Å²) in [4.78, 5) is 0.399. The van der Waals surface area contributed by atoms with E-state index in [1.807, 2.05) is 19.1 Å². The molecule has 0 saturated heterocycles. The van der Waals surface area contributed by atoms with Gasteiger partial charge in [0.05, 0.1) is 10.4 Å². The van der Waals surface area contributed by atoms with E-state index in [4.69, 9.17) is 0 Å². The maximum Gasteiger partial charge on any atom is 0.244 e. The van der Waals surface area contributed by atoms with Crippen molar-refractivity contribution < 1.29 is 8.42 Å². The van der Waals surface area contributed by atoms with E-state index >= 15 is 0 Å². The van der Waals surface area contributed by atoms with E-state index in [2.05, 4.69) is 13.2 Å². The molecule has 0 saturated carbocycles. The predicted octanol–water partition coefficient (Wildman–Crippen LogP) is 2.67. The van der Waals surface area contributed by atoms with Crippen LogP contribution < -0.4 is 0 Å². The first-order chi connectivity index (χ1) is 8.48. The van der Waals surface area contributed by atoms with E-state index in [0.717, 1.165) is 5.56 Å². The third-order valence-corrected chi connectivity index (χ3v) is 5.47. The summed E-state index contributed by atoms with van der Waals surface area (Å²) in [5, 5.41) is 0. The van der Waals surface area contributed by atoms with Crippen LogP contribution in [0.25, 0.3) is 0 Å². The molecule has 3 nitrogen and oxygen atoms in total. The highest BCUT2D eigenvalue weighted by atomic mass is 32.2. The van der Waals surface area contributed by atoms with E-state index in [9.17, 15) is 8.42 Å². The highest BCUT2D eigenvalue weighted by molar-refractivity contribution is 7.89. The minimum Gasteiger partial charge on any atom is -0.207 e. The van der Waals surface area contributed by atoms with Crippen LogP contribution in [0.5, 0.6) is 0 Å². The lowest BCUT2D eigenvalue weighted by atomic mass is 9.88. The standard InChI is InChI=1S/C14H17NO2S/c1-4-10-14(3)12-8-6-7-9-13(12)18(16,17)15(14)11-5-2/h4-9H,1-2,10-11H2,3H3. The number of rotatable bonds is 4. The summed E-state index contributed by atoms with van der Waals surface area (Å²) < 4.78 is 26.5. The summed E-state index contributed by atoms with van der Waals surface area (Å²) in [6.45, 7) is 9.62. The van der Waals surface area contributed by atoms with Crippen LogP contribution in [-0.2, 0) is 15.6 Å². The summed E-state index contributed by atoms with van der Waals surface area (Å²) >= 11 is 0. The second kappa shape index (κ2) is 4.37. The summed E-state index contributed by atoms with van der Waals surface area (Å²) in [6.07, 6.45) is 3.95. The molecule has 0 bridgehead atoms. The molecule has 1 unspecified atom stereocenters. The fourth-order valence-electron chi connectivity index (χ4n) is 2.56. The molecule has 0 fully saturated rings. The first-order valence-corrected chi connectivity index (χ1v) is 7.26. The van der Waals surface area contributed by atoms with Gasteiger partial charge in [0, 0.05) is 6.54 Å². The molecule has 1 aromatic carbocycles. The van der Waals surface area contributed by atoms with Gasteiger partial charge in [-0.25, -0.2) is 8.42 Å². The van der Waals surface area contributed by atoms with Crippen molar-refractivity contribution in [1.29, 1.82) is 0 Å². The highest BCUT2D eigenvalue weighted by Crippen LogP contribution is 2.45. The van der Waals surface area contributed by atoms with Crippen LogP contribution in [-0.4, -0.2) is 19.3 Å². The quantitative estimate of drug-likeness (QED) is 0.783. The molecule has 1 aliphatic rings. The smallest absolute Gasteiger partial charge is 0.207 e. The number of hydrogen-bond acceptors (Lipinski definition) is 2. The molecule has 1 atom stereocenters. The number of benzene rings is 1. The lowest BCUT2D eigenvalue weighted by Crippen LogP contribution is -2.41. The first kappa shape index (κ1) is 13.1. The van der Waals surface area contributed by atoms with E-state index in [1.165, 1.54) is 4.31 Å². The van der Waals surface area contributed by atoms with Crippen LogP contribution in [0.4, 0.5) is 0 Å². The van der Waals surface area contributed by atoms with Crippen LogP contribution in [0, 0.1) is 0 Å². The Morgan fingerprint density at radius 3 is 2.56 bits per heavy atom. The molecular formula is C14H17NO2S. The van der Waals surface area contributed by atoms with E-state index in [1.54, 1.807) is 24.3 Å². The Labute approximate surface area is 108 Å². The van der Waals surface area contributed by atoms with Gasteiger partial charge in [-0.2, -0.15) is 4.31 Å². The van der Waals surface area contributed by atoms with Crippen molar-refractivity contribution in [2.45, 2.75) is 23.8 Å². The maximum absolute atomic E-state index is 12.5. The molecule has 18 heavy (non-hydrogen) atoms. The normalized spacial score (nSPS) is 25.6. The first-order valence-electron chi connectivity index (χ1n) is 5.82. The Morgan fingerprint density at radius 2 is 1.94 bits per heavy atom. The third kappa shape index (κ3) is 1.64. The number of sulfonamides is 1. The summed E-state index contributed by atoms with van der Waals surface area (Å²) in [5.74, 6) is 0. The van der Waals surface area contributed by atoms with Gasteiger partial charge in [0.25, 0.3) is 0 Å². The summed E-state index contributed by atoms with van der Waals surface area (Å²) in [7, 11) is -3.42. The lowest BCUT2D eigenvalue weighted by Gasteiger charge is -2.32. The summed E-state index contributed by atoms with van der Waals surface area (Å²) in [5.41, 5.74) is 0.275. The zero-order valence-corrected chi connectivity index (χ0v) is 11.3. The average molecular weight is 263 g/mol. The molecule has 0 radical (unpaired) electrons. The Balaban J connectivity index is 2.71. The fourth-order valence-corrected chi connectivity index (χ4v) is 4.62. The predicted molar refractivity (Wildman–Crippen MR) is 72.7 cm³/mol. The van der Waals surface area contributed by atoms with Crippen molar-refractivity contribution in [1.82, 2.24) is 4.31 Å². The Morgan fingerprint density at radius 1 is 1.28 bits per heavy atom. The van der Waals surface area contributed by atoms with E-state index in [-0.39, 0.29) is 0 Å². The van der Waals surface area contributed by atoms with Crippen molar-refractivity contribution >= 4 is 10.0 Å². The molecule has 1 aromatic rings. The van der Waals surface area contributed by atoms with Crippen molar-refractivity contribution in [3.8, 4) is 0 Å². The molecule has 1 heterocycles. The molecule has 4 heteroatoms. The molecular weight excluding hydrogens is 246 g/mol. The molecule has 96 valence electrons. The number of nitrogens with zero attached hydrogens (tertiary/aromatic N) is 1. The minimum absolute atomic E-state index is 0.307. The van der Waals surface area contributed by atoms with Gasteiger partial charge >= 0.3 is 0 Å². The van der Waals surface area contributed by atoms with Gasteiger partial charge < -0.3 is 0 Å². The molecule has 0 amide bonds. The van der Waals surface area contributed by atoms with Gasteiger partial charge in [0.15, 0.2) is 0 Å². The Kier molecular flexibility index (Phi) is 3.17. The van der Waals surface area contributed by atoms with Crippen molar-refractivity contribution in [2.75, 3.05) is 6.54 Å². The molecule has 1 aliphatic heterocycles. The van der Waals surface area contributed by atoms with E-state index < -0.39 is 15.6 Å². The molecule has 0 spiro atoms. The zero-order chi connectivity index (χ0) is 13.4. The monoisotopic (exact) mass is 263 g/mol. The van der Waals surface area contributed by atoms with Gasteiger partial charge in [0.1, 0.15) is 0 Å². The third-order valence-electron chi connectivity index (χ3n) is 3.42. The largest absolute Gasteiger partial charge is 0.244 e. The second-order valence-electron chi connectivity index (χ2n) is 4.59. The van der Waals surface area contributed by atoms with Crippen LogP contribution in [0.1, 0.15) is 18.9 Å². The number of fused-ring (bicyclic) bond motifs is 1. The maximum atomic E-state index is 12.5.